The molecule has 0 unspecified atom stereocenters. The molecule has 1 aromatic rings. The van der Waals surface area contributed by atoms with Crippen LogP contribution in [0.4, 0.5) is 5.69 Å². The van der Waals surface area contributed by atoms with E-state index >= 15 is 0 Å². The van der Waals surface area contributed by atoms with Gasteiger partial charge in [0.25, 0.3) is 0 Å². The Morgan fingerprint density at radius 2 is 1.84 bits per heavy atom. The van der Waals surface area contributed by atoms with Crippen LogP contribution in [0.1, 0.15) is 76.0 Å². The molecule has 2 heterocycles. The van der Waals surface area contributed by atoms with Crippen molar-refractivity contribution in [1.82, 2.24) is 0 Å². The van der Waals surface area contributed by atoms with Crippen LogP contribution in [0.25, 0.3) is 0 Å². The van der Waals surface area contributed by atoms with Crippen LogP contribution in [0.3, 0.4) is 0 Å². The van der Waals surface area contributed by atoms with Crippen molar-refractivity contribution in [2.24, 2.45) is 17.3 Å². The number of thiophene rings is 1. The Bertz CT molecular complexity index is 903. The second-order valence-electron chi connectivity index (χ2n) is 10.4. The van der Waals surface area contributed by atoms with E-state index in [4.69, 9.17) is 4.52 Å². The average Bonchev–Trinajstić information content (AvgIpc) is 3.17. The van der Waals surface area contributed by atoms with Crippen molar-refractivity contribution >= 4 is 30.3 Å². The second kappa shape index (κ2) is 10.4. The van der Waals surface area contributed by atoms with Crippen LogP contribution in [0.5, 0.6) is 0 Å². The Kier molecular flexibility index (Phi) is 8.31. The van der Waals surface area contributed by atoms with Crippen molar-refractivity contribution in [3.63, 3.8) is 0 Å². The minimum Gasteiger partial charge on any atom is -0.391 e. The number of hydrogen-bond acceptors (Lipinski definition) is 5. The Morgan fingerprint density at radius 3 is 2.38 bits per heavy atom. The second-order valence-corrected chi connectivity index (χ2v) is 14.4. The van der Waals surface area contributed by atoms with Crippen LogP contribution >= 0.6 is 18.7 Å². The molecule has 0 radical (unpaired) electrons. The lowest BCUT2D eigenvalue weighted by Gasteiger charge is -2.39. The van der Waals surface area contributed by atoms with E-state index < -0.39 is 7.37 Å². The normalized spacial score (nSPS) is 28.6. The minimum absolute atomic E-state index is 0.0120. The van der Waals surface area contributed by atoms with Crippen molar-refractivity contribution in [1.29, 1.82) is 0 Å². The molecule has 5 nitrogen and oxygen atoms in total. The number of nitrogens with zero attached hydrogens (tertiary/aromatic N) is 1. The summed E-state index contributed by atoms with van der Waals surface area (Å²) in [6, 6.07) is 1.95. The first-order valence-corrected chi connectivity index (χ1v) is 14.6. The lowest BCUT2D eigenvalue weighted by Crippen LogP contribution is -2.47. The molecule has 0 spiro atoms. The first-order chi connectivity index (χ1) is 15.0. The van der Waals surface area contributed by atoms with Crippen LogP contribution in [0, 0.1) is 29.1 Å². The van der Waals surface area contributed by atoms with Gasteiger partial charge in [-0.05, 0) is 71.3 Å². The van der Waals surface area contributed by atoms with E-state index in [0.717, 1.165) is 41.1 Å². The summed E-state index contributed by atoms with van der Waals surface area (Å²) in [5.41, 5.74) is 0.668. The van der Waals surface area contributed by atoms with Gasteiger partial charge in [0.1, 0.15) is 0 Å². The Balaban J connectivity index is 1.95. The number of rotatable bonds is 5. The fraction of sp³-hybridized carbons (Fsp3) is 0.720. The van der Waals surface area contributed by atoms with Crippen LogP contribution in [-0.2, 0) is 20.5 Å². The molecule has 3 rings (SSSR count). The van der Waals surface area contributed by atoms with Gasteiger partial charge in [-0.25, -0.2) is 0 Å². The smallest absolute Gasteiger partial charge is 0.230 e. The lowest BCUT2D eigenvalue weighted by molar-refractivity contribution is -0.124. The molecule has 1 aliphatic carbocycles. The fourth-order valence-electron chi connectivity index (χ4n) is 4.63. The summed E-state index contributed by atoms with van der Waals surface area (Å²) in [6.07, 6.45) is 6.28. The molecule has 1 saturated carbocycles. The summed E-state index contributed by atoms with van der Waals surface area (Å²) in [5, 5.41) is 10.1. The molecule has 1 aliphatic heterocycles. The fourth-order valence-corrected chi connectivity index (χ4v) is 7.47. The summed E-state index contributed by atoms with van der Waals surface area (Å²) in [7, 11) is -1.06. The highest BCUT2D eigenvalue weighted by atomic mass is 32.1. The zero-order chi connectivity index (χ0) is 23.5. The molecule has 7 heteroatoms. The summed E-state index contributed by atoms with van der Waals surface area (Å²) >= 11 is 1.46. The summed E-state index contributed by atoms with van der Waals surface area (Å²) < 4.78 is 18.0. The summed E-state index contributed by atoms with van der Waals surface area (Å²) in [6.45, 7) is 8.34. The maximum atomic E-state index is 13.8. The highest BCUT2D eigenvalue weighted by Gasteiger charge is 2.39. The number of carbonyl (C=O) groups excluding carboxylic acids is 1. The number of aliphatic hydroxyl groups excluding tert-OH is 1. The highest BCUT2D eigenvalue weighted by molar-refractivity contribution is 7.59. The van der Waals surface area contributed by atoms with Gasteiger partial charge in [-0.15, -0.1) is 11.3 Å². The van der Waals surface area contributed by atoms with Gasteiger partial charge in [0.15, 0.2) is 0 Å². The number of anilines is 1. The third kappa shape index (κ3) is 6.26. The Labute approximate surface area is 197 Å². The monoisotopic (exact) mass is 479 g/mol. The van der Waals surface area contributed by atoms with E-state index in [2.05, 4.69) is 39.5 Å². The first-order valence-electron chi connectivity index (χ1n) is 11.8. The minimum atomic E-state index is -2.58. The number of amides is 1. The van der Waals surface area contributed by atoms with Crippen LogP contribution < -0.4 is 4.90 Å². The summed E-state index contributed by atoms with van der Waals surface area (Å²) in [4.78, 5) is 17.4. The molecule has 1 N–H and O–H groups in total. The molecule has 1 amide bonds. The molecule has 32 heavy (non-hydrogen) atoms. The highest BCUT2D eigenvalue weighted by Crippen LogP contribution is 2.52. The van der Waals surface area contributed by atoms with E-state index in [1.807, 2.05) is 11.0 Å². The topological polar surface area (TPSA) is 66.8 Å². The van der Waals surface area contributed by atoms with Gasteiger partial charge in [0.05, 0.1) is 22.0 Å². The molecule has 1 saturated heterocycles. The van der Waals surface area contributed by atoms with Crippen LogP contribution in [0.2, 0.25) is 0 Å². The first kappa shape index (κ1) is 25.5. The molecular formula is C25H38NO4PS. The van der Waals surface area contributed by atoms with Gasteiger partial charge < -0.3 is 14.5 Å². The van der Waals surface area contributed by atoms with Crippen molar-refractivity contribution in [2.45, 2.75) is 78.9 Å². The molecular weight excluding hydrogens is 441 g/mol. The van der Waals surface area contributed by atoms with E-state index in [1.54, 1.807) is 0 Å². The maximum absolute atomic E-state index is 13.8. The molecule has 0 aromatic carbocycles. The van der Waals surface area contributed by atoms with E-state index in [9.17, 15) is 14.5 Å². The van der Waals surface area contributed by atoms with Crippen molar-refractivity contribution in [3.05, 3.63) is 15.8 Å². The van der Waals surface area contributed by atoms with E-state index in [-0.39, 0.29) is 29.9 Å². The maximum Gasteiger partial charge on any atom is 0.230 e. The van der Waals surface area contributed by atoms with Gasteiger partial charge in [0.2, 0.25) is 13.3 Å². The molecule has 178 valence electrons. The molecule has 0 atom stereocenters. The molecule has 2 fully saturated rings. The van der Waals surface area contributed by atoms with Gasteiger partial charge in [-0.3, -0.25) is 9.36 Å². The Hall–Kier alpha value is -1.12. The van der Waals surface area contributed by atoms with Crippen LogP contribution in [0.15, 0.2) is 6.07 Å². The third-order valence-corrected chi connectivity index (χ3v) is 10.2. The van der Waals surface area contributed by atoms with E-state index in [0.29, 0.717) is 31.1 Å². The zero-order valence-electron chi connectivity index (χ0n) is 20.1. The molecule has 2 aliphatic rings. The van der Waals surface area contributed by atoms with Crippen molar-refractivity contribution < 1.29 is 19.0 Å². The van der Waals surface area contributed by atoms with Gasteiger partial charge in [0, 0.05) is 36.8 Å². The van der Waals surface area contributed by atoms with E-state index in [1.165, 1.54) is 18.4 Å². The quantitative estimate of drug-likeness (QED) is 0.423. The predicted octanol–water partition coefficient (Wildman–Crippen LogP) is 5.88. The summed E-state index contributed by atoms with van der Waals surface area (Å²) in [5.74, 6) is 7.33. The SMILES string of the molecule is COP1(=O)CCC(N(C(=O)C2CCC(C)CC2)c2cc(C#CC(C)(C)C)sc2CO)CC1. The van der Waals surface area contributed by atoms with Gasteiger partial charge in [-0.1, -0.05) is 18.8 Å². The zero-order valence-corrected chi connectivity index (χ0v) is 21.9. The predicted molar refractivity (Wildman–Crippen MR) is 133 cm³/mol. The Morgan fingerprint density at radius 1 is 1.22 bits per heavy atom. The van der Waals surface area contributed by atoms with Gasteiger partial charge >= 0.3 is 0 Å². The van der Waals surface area contributed by atoms with Crippen molar-refractivity contribution in [2.75, 3.05) is 24.3 Å². The largest absolute Gasteiger partial charge is 0.391 e. The van der Waals surface area contributed by atoms with Crippen LogP contribution in [-0.4, -0.2) is 36.5 Å². The lowest BCUT2D eigenvalue weighted by atomic mass is 9.82. The average molecular weight is 480 g/mol. The third-order valence-electron chi connectivity index (χ3n) is 6.66. The number of aliphatic hydroxyl groups is 1. The number of carbonyl (C=O) groups is 1. The van der Waals surface area contributed by atoms with Gasteiger partial charge in [-0.2, -0.15) is 0 Å². The number of hydrogen-bond donors (Lipinski definition) is 1. The standard InChI is InChI=1S/C25H38NO4PS/c1-18-6-8-19(9-7-18)24(28)26(20-11-14-31(29,30-5)15-12-20)22-16-21(32-23(22)17-27)10-13-25(2,3)4/h16,18-20,27H,6-9,11-12,14-15,17H2,1-5H3. The molecule has 1 aromatic heterocycles. The van der Waals surface area contributed by atoms with Crippen molar-refractivity contribution in [3.8, 4) is 11.8 Å². The molecule has 0 bridgehead atoms.